The quantitative estimate of drug-likeness (QED) is 0.494. The lowest BCUT2D eigenvalue weighted by Gasteiger charge is -2.15. The maximum atomic E-state index is 13.7. The van der Waals surface area contributed by atoms with Gasteiger partial charge >= 0.3 is 0 Å². The van der Waals surface area contributed by atoms with E-state index in [4.69, 9.17) is 4.74 Å². The number of carbonyl (C=O) groups excluding carboxylic acids is 2. The second kappa shape index (κ2) is 9.69. The molecule has 3 aromatic rings. The number of benzene rings is 3. The molecule has 0 aliphatic carbocycles. The highest BCUT2D eigenvalue weighted by Gasteiger charge is 2.39. The molecule has 0 bridgehead atoms. The first kappa shape index (κ1) is 22.3. The Morgan fingerprint density at radius 3 is 2.30 bits per heavy atom. The molecule has 1 aliphatic heterocycles. The molecule has 1 aliphatic rings. The third-order valence-corrected chi connectivity index (χ3v) is 5.24. The third kappa shape index (κ3) is 5.12. The van der Waals surface area contributed by atoms with Crippen molar-refractivity contribution in [3.05, 3.63) is 102 Å². The van der Waals surface area contributed by atoms with Gasteiger partial charge in [-0.15, -0.1) is 0 Å². The lowest BCUT2D eigenvalue weighted by atomic mass is 10.0. The van der Waals surface area contributed by atoms with Crippen LogP contribution in [0.1, 0.15) is 25.0 Å². The first-order valence-electron chi connectivity index (χ1n) is 10.9. The molecular formula is C27H25FN2O3. The molecule has 1 N–H and O–H groups in total. The van der Waals surface area contributed by atoms with Crippen LogP contribution in [0.2, 0.25) is 0 Å². The van der Waals surface area contributed by atoms with Crippen LogP contribution in [0, 0.1) is 5.82 Å². The third-order valence-electron chi connectivity index (χ3n) is 5.24. The summed E-state index contributed by atoms with van der Waals surface area (Å²) in [6, 6.07) is 22.5. The van der Waals surface area contributed by atoms with Crippen molar-refractivity contribution in [1.82, 2.24) is 4.90 Å². The van der Waals surface area contributed by atoms with E-state index in [0.717, 1.165) is 5.56 Å². The summed E-state index contributed by atoms with van der Waals surface area (Å²) in [6.45, 7) is 4.11. The molecule has 2 amide bonds. The molecule has 0 fully saturated rings. The predicted octanol–water partition coefficient (Wildman–Crippen LogP) is 5.05. The van der Waals surface area contributed by atoms with Gasteiger partial charge in [0.25, 0.3) is 11.8 Å². The maximum absolute atomic E-state index is 13.7. The minimum absolute atomic E-state index is 0.0171. The lowest BCUT2D eigenvalue weighted by Crippen LogP contribution is -2.34. The Morgan fingerprint density at radius 2 is 1.64 bits per heavy atom. The van der Waals surface area contributed by atoms with Crippen LogP contribution < -0.4 is 10.1 Å². The number of imide groups is 1. The first-order chi connectivity index (χ1) is 15.9. The molecule has 168 valence electrons. The van der Waals surface area contributed by atoms with Crippen LogP contribution in [0.25, 0.3) is 5.57 Å². The van der Waals surface area contributed by atoms with E-state index in [9.17, 15) is 14.0 Å². The molecule has 0 radical (unpaired) electrons. The Kier molecular flexibility index (Phi) is 6.54. The first-order valence-corrected chi connectivity index (χ1v) is 10.9. The van der Waals surface area contributed by atoms with Crippen LogP contribution in [-0.2, 0) is 16.0 Å². The Bertz CT molecular complexity index is 1190. The van der Waals surface area contributed by atoms with E-state index in [0.29, 0.717) is 23.4 Å². The van der Waals surface area contributed by atoms with Gasteiger partial charge in [0.15, 0.2) is 0 Å². The molecule has 6 heteroatoms. The van der Waals surface area contributed by atoms with Crippen molar-refractivity contribution >= 4 is 23.1 Å². The number of nitrogens with zero attached hydrogens (tertiary/aromatic N) is 1. The zero-order chi connectivity index (χ0) is 23.4. The van der Waals surface area contributed by atoms with Gasteiger partial charge in [-0.1, -0.05) is 48.5 Å². The molecule has 4 rings (SSSR count). The summed E-state index contributed by atoms with van der Waals surface area (Å²) in [5.41, 5.74) is 2.41. The van der Waals surface area contributed by atoms with Crippen molar-refractivity contribution in [3.8, 4) is 5.75 Å². The van der Waals surface area contributed by atoms with Crippen LogP contribution in [0.3, 0.4) is 0 Å². The number of ether oxygens (including phenoxy) is 1. The summed E-state index contributed by atoms with van der Waals surface area (Å²) < 4.78 is 19.4. The number of amides is 2. The summed E-state index contributed by atoms with van der Waals surface area (Å²) in [6.07, 6.45) is 0.559. The highest BCUT2D eigenvalue weighted by Crippen LogP contribution is 2.32. The number of carbonyl (C=O) groups is 2. The SMILES string of the molecule is CC(C)Oc1ccc(C2=C(Nc3cccc(F)c3)C(=O)N(CCc3ccccc3)C2=O)cc1. The van der Waals surface area contributed by atoms with Gasteiger partial charge in [-0.3, -0.25) is 14.5 Å². The smallest absolute Gasteiger partial charge is 0.278 e. The molecule has 33 heavy (non-hydrogen) atoms. The van der Waals surface area contributed by atoms with E-state index < -0.39 is 11.7 Å². The van der Waals surface area contributed by atoms with E-state index >= 15 is 0 Å². The summed E-state index contributed by atoms with van der Waals surface area (Å²) in [7, 11) is 0. The van der Waals surface area contributed by atoms with Crippen LogP contribution in [0.15, 0.2) is 84.6 Å². The van der Waals surface area contributed by atoms with Crippen LogP contribution in [0.4, 0.5) is 10.1 Å². The zero-order valence-electron chi connectivity index (χ0n) is 18.5. The summed E-state index contributed by atoms with van der Waals surface area (Å²) in [5.74, 6) is -0.577. The predicted molar refractivity (Wildman–Crippen MR) is 126 cm³/mol. The number of anilines is 1. The van der Waals surface area contributed by atoms with Crippen LogP contribution in [-0.4, -0.2) is 29.4 Å². The molecule has 0 atom stereocenters. The Labute approximate surface area is 192 Å². The Balaban J connectivity index is 1.66. The summed E-state index contributed by atoms with van der Waals surface area (Å²) in [5, 5.41) is 2.98. The molecule has 0 saturated heterocycles. The van der Waals surface area contributed by atoms with Crippen molar-refractivity contribution in [1.29, 1.82) is 0 Å². The van der Waals surface area contributed by atoms with Gasteiger partial charge in [0.05, 0.1) is 11.7 Å². The second-order valence-electron chi connectivity index (χ2n) is 8.07. The lowest BCUT2D eigenvalue weighted by molar-refractivity contribution is -0.136. The highest BCUT2D eigenvalue weighted by molar-refractivity contribution is 6.36. The van der Waals surface area contributed by atoms with Gasteiger partial charge in [0.1, 0.15) is 17.3 Å². The van der Waals surface area contributed by atoms with E-state index in [2.05, 4.69) is 5.32 Å². The van der Waals surface area contributed by atoms with Gasteiger partial charge < -0.3 is 10.1 Å². The number of halogens is 1. The standard InChI is InChI=1S/C27H25FN2O3/c1-18(2)33-23-13-11-20(12-14-23)24-25(29-22-10-6-9-21(28)17-22)27(32)30(26(24)31)16-15-19-7-4-3-5-8-19/h3-14,17-18,29H,15-16H2,1-2H3. The van der Waals surface area contributed by atoms with Crippen molar-refractivity contribution in [2.24, 2.45) is 0 Å². The molecule has 0 unspecified atom stereocenters. The maximum Gasteiger partial charge on any atom is 0.278 e. The number of rotatable bonds is 8. The largest absolute Gasteiger partial charge is 0.491 e. The molecular weight excluding hydrogens is 419 g/mol. The average Bonchev–Trinajstić information content (AvgIpc) is 3.02. The summed E-state index contributed by atoms with van der Waals surface area (Å²) in [4.78, 5) is 27.9. The molecule has 0 saturated carbocycles. The fourth-order valence-corrected chi connectivity index (χ4v) is 3.73. The molecule has 1 heterocycles. The van der Waals surface area contributed by atoms with E-state index in [1.807, 2.05) is 44.2 Å². The molecule has 0 spiro atoms. The van der Waals surface area contributed by atoms with Crippen LogP contribution in [0.5, 0.6) is 5.75 Å². The van der Waals surface area contributed by atoms with Gasteiger partial charge in [0.2, 0.25) is 0 Å². The number of hydrogen-bond acceptors (Lipinski definition) is 4. The highest BCUT2D eigenvalue weighted by atomic mass is 19.1. The van der Waals surface area contributed by atoms with Crippen LogP contribution >= 0.6 is 0 Å². The van der Waals surface area contributed by atoms with Crippen molar-refractivity contribution in [3.63, 3.8) is 0 Å². The average molecular weight is 445 g/mol. The minimum Gasteiger partial charge on any atom is -0.491 e. The van der Waals surface area contributed by atoms with Crippen molar-refractivity contribution in [2.75, 3.05) is 11.9 Å². The zero-order valence-corrected chi connectivity index (χ0v) is 18.5. The second-order valence-corrected chi connectivity index (χ2v) is 8.07. The molecule has 3 aromatic carbocycles. The summed E-state index contributed by atoms with van der Waals surface area (Å²) >= 11 is 0. The fraction of sp³-hybridized carbons (Fsp3) is 0.185. The normalized spacial score (nSPS) is 13.8. The van der Waals surface area contributed by atoms with Gasteiger partial charge in [-0.25, -0.2) is 4.39 Å². The van der Waals surface area contributed by atoms with Crippen molar-refractivity contribution < 1.29 is 18.7 Å². The molecule has 0 aromatic heterocycles. The number of nitrogens with one attached hydrogen (secondary N) is 1. The van der Waals surface area contributed by atoms with E-state index in [1.54, 1.807) is 36.4 Å². The monoisotopic (exact) mass is 444 g/mol. The van der Waals surface area contributed by atoms with E-state index in [1.165, 1.54) is 17.0 Å². The minimum atomic E-state index is -0.435. The molecule has 5 nitrogen and oxygen atoms in total. The van der Waals surface area contributed by atoms with Crippen molar-refractivity contribution in [2.45, 2.75) is 26.4 Å². The topological polar surface area (TPSA) is 58.6 Å². The van der Waals surface area contributed by atoms with Gasteiger partial charge in [-0.2, -0.15) is 0 Å². The fourth-order valence-electron chi connectivity index (χ4n) is 3.73. The number of hydrogen-bond donors (Lipinski definition) is 1. The van der Waals surface area contributed by atoms with Gasteiger partial charge in [0, 0.05) is 12.2 Å². The van der Waals surface area contributed by atoms with E-state index in [-0.39, 0.29) is 29.8 Å². The Hall–Kier alpha value is -3.93. The Morgan fingerprint density at radius 1 is 0.909 bits per heavy atom. The van der Waals surface area contributed by atoms with Gasteiger partial charge in [-0.05, 0) is 61.7 Å².